The maximum Gasteiger partial charge on any atom is 0.00641 e. The molecule has 0 saturated heterocycles. The molecule has 0 radical (unpaired) electrons. The van der Waals surface area contributed by atoms with Crippen LogP contribution in [0.3, 0.4) is 0 Å². The minimum atomic E-state index is 0.687. The van der Waals surface area contributed by atoms with Crippen LogP contribution in [0.4, 0.5) is 0 Å². The molecule has 1 aromatic rings. The lowest BCUT2D eigenvalue weighted by Crippen LogP contribution is -2.25. The molecule has 0 bridgehead atoms. The Kier molecular flexibility index (Phi) is 9.09. The summed E-state index contributed by atoms with van der Waals surface area (Å²) in [6, 6.07) is 11.5. The van der Waals surface area contributed by atoms with Gasteiger partial charge in [0.1, 0.15) is 0 Å². The van der Waals surface area contributed by atoms with Gasteiger partial charge in [-0.1, -0.05) is 49.2 Å². The van der Waals surface area contributed by atoms with Gasteiger partial charge in [-0.05, 0) is 51.1 Å². The third kappa shape index (κ3) is 7.84. The van der Waals surface area contributed by atoms with Crippen LogP contribution in [-0.2, 0) is 6.42 Å². The zero-order chi connectivity index (χ0) is 13.8. The van der Waals surface area contributed by atoms with Gasteiger partial charge in [0.2, 0.25) is 0 Å². The van der Waals surface area contributed by atoms with Crippen molar-refractivity contribution < 1.29 is 0 Å². The quantitative estimate of drug-likeness (QED) is 0.447. The summed E-state index contributed by atoms with van der Waals surface area (Å²) in [5.74, 6) is 0. The summed E-state index contributed by atoms with van der Waals surface area (Å²) in [6.45, 7) is 3.77. The fraction of sp³-hybridized carbons (Fsp3) is 0.556. The Hall–Kier alpha value is -1.08. The van der Waals surface area contributed by atoms with Gasteiger partial charge in [0, 0.05) is 6.04 Å². The average Bonchev–Trinajstić information content (AvgIpc) is 2.46. The average molecular weight is 259 g/mol. The molecule has 0 heterocycles. The minimum absolute atomic E-state index is 0.687. The van der Waals surface area contributed by atoms with Crippen molar-refractivity contribution in [2.24, 2.45) is 0 Å². The second-order valence-electron chi connectivity index (χ2n) is 5.29. The molecule has 0 aromatic heterocycles. The monoisotopic (exact) mass is 259 g/mol. The van der Waals surface area contributed by atoms with E-state index in [2.05, 4.69) is 49.3 Å². The van der Waals surface area contributed by atoms with E-state index in [-0.39, 0.29) is 0 Å². The predicted octanol–water partition coefficient (Wildman–Crippen LogP) is 4.73. The molecule has 0 fully saturated rings. The van der Waals surface area contributed by atoms with Crippen molar-refractivity contribution in [3.8, 4) is 0 Å². The molecule has 1 nitrogen and oxygen atoms in total. The van der Waals surface area contributed by atoms with Crippen LogP contribution in [-0.4, -0.2) is 13.1 Å². The second kappa shape index (κ2) is 10.8. The van der Waals surface area contributed by atoms with E-state index in [0.29, 0.717) is 6.04 Å². The van der Waals surface area contributed by atoms with Crippen molar-refractivity contribution in [3.05, 3.63) is 48.6 Å². The Bertz CT molecular complexity index is 318. The van der Waals surface area contributed by atoms with E-state index in [0.717, 1.165) is 6.42 Å². The van der Waals surface area contributed by atoms with Crippen LogP contribution in [0.1, 0.15) is 50.5 Å². The third-order valence-corrected chi connectivity index (χ3v) is 3.73. The molecule has 0 aliphatic carbocycles. The highest BCUT2D eigenvalue weighted by Gasteiger charge is 2.05. The van der Waals surface area contributed by atoms with Gasteiger partial charge in [0.05, 0.1) is 0 Å². The minimum Gasteiger partial charge on any atom is -0.317 e. The van der Waals surface area contributed by atoms with Crippen molar-refractivity contribution in [1.82, 2.24) is 5.32 Å². The summed E-state index contributed by atoms with van der Waals surface area (Å²) in [4.78, 5) is 0. The van der Waals surface area contributed by atoms with Crippen molar-refractivity contribution >= 4 is 0 Å². The van der Waals surface area contributed by atoms with Gasteiger partial charge in [0.15, 0.2) is 0 Å². The van der Waals surface area contributed by atoms with Crippen LogP contribution >= 0.6 is 0 Å². The largest absolute Gasteiger partial charge is 0.317 e. The van der Waals surface area contributed by atoms with Crippen molar-refractivity contribution in [1.29, 1.82) is 0 Å². The fourth-order valence-corrected chi connectivity index (χ4v) is 2.49. The van der Waals surface area contributed by atoms with E-state index in [1.807, 2.05) is 6.08 Å². The first-order chi connectivity index (χ1) is 9.36. The lowest BCUT2D eigenvalue weighted by molar-refractivity contribution is 0.451. The van der Waals surface area contributed by atoms with Crippen LogP contribution < -0.4 is 5.32 Å². The predicted molar refractivity (Wildman–Crippen MR) is 85.5 cm³/mol. The summed E-state index contributed by atoms with van der Waals surface area (Å²) in [5.41, 5.74) is 1.46. The molecule has 0 aliphatic rings. The Morgan fingerprint density at radius 2 is 1.79 bits per heavy atom. The number of unbranched alkanes of at least 4 members (excludes halogenated alkanes) is 3. The molecule has 1 heteroatoms. The van der Waals surface area contributed by atoms with Crippen LogP contribution in [0.2, 0.25) is 0 Å². The molecule has 0 aliphatic heterocycles. The first-order valence-corrected chi connectivity index (χ1v) is 7.69. The Labute approximate surface area is 119 Å². The van der Waals surface area contributed by atoms with Crippen LogP contribution in [0.25, 0.3) is 0 Å². The first-order valence-electron chi connectivity index (χ1n) is 7.69. The van der Waals surface area contributed by atoms with Crippen LogP contribution in [0.15, 0.2) is 43.0 Å². The van der Waals surface area contributed by atoms with Crippen LogP contribution in [0, 0.1) is 0 Å². The van der Waals surface area contributed by atoms with E-state index in [1.165, 1.54) is 50.5 Å². The first kappa shape index (κ1) is 16.0. The molecule has 0 spiro atoms. The van der Waals surface area contributed by atoms with Gasteiger partial charge in [-0.2, -0.15) is 0 Å². The Balaban J connectivity index is 2.09. The lowest BCUT2D eigenvalue weighted by Gasteiger charge is -2.15. The fourth-order valence-electron chi connectivity index (χ4n) is 2.49. The zero-order valence-corrected chi connectivity index (χ0v) is 12.4. The Morgan fingerprint density at radius 3 is 2.47 bits per heavy atom. The summed E-state index contributed by atoms with van der Waals surface area (Å²) < 4.78 is 0. The summed E-state index contributed by atoms with van der Waals surface area (Å²) in [5, 5.41) is 3.46. The van der Waals surface area contributed by atoms with E-state index in [9.17, 15) is 0 Å². The summed E-state index contributed by atoms with van der Waals surface area (Å²) in [6.07, 6.45) is 12.2. The number of rotatable bonds is 11. The molecule has 1 unspecified atom stereocenters. The number of hydrogen-bond donors (Lipinski definition) is 1. The summed E-state index contributed by atoms with van der Waals surface area (Å²) >= 11 is 0. The van der Waals surface area contributed by atoms with Crippen LogP contribution in [0.5, 0.6) is 0 Å². The molecular formula is C18H29N. The summed E-state index contributed by atoms with van der Waals surface area (Å²) in [7, 11) is 2.09. The van der Waals surface area contributed by atoms with Gasteiger partial charge in [-0.3, -0.25) is 0 Å². The number of aryl methyl sites for hydroxylation is 1. The highest BCUT2D eigenvalue weighted by molar-refractivity contribution is 5.14. The highest BCUT2D eigenvalue weighted by atomic mass is 14.9. The molecule has 1 atom stereocenters. The van der Waals surface area contributed by atoms with Gasteiger partial charge >= 0.3 is 0 Å². The van der Waals surface area contributed by atoms with E-state index >= 15 is 0 Å². The smallest absolute Gasteiger partial charge is 0.00641 e. The third-order valence-electron chi connectivity index (χ3n) is 3.73. The molecule has 0 amide bonds. The van der Waals surface area contributed by atoms with Gasteiger partial charge < -0.3 is 5.32 Å². The highest BCUT2D eigenvalue weighted by Crippen LogP contribution is 2.12. The van der Waals surface area contributed by atoms with Crippen molar-refractivity contribution in [3.63, 3.8) is 0 Å². The zero-order valence-electron chi connectivity index (χ0n) is 12.4. The normalized spacial score (nSPS) is 12.3. The van der Waals surface area contributed by atoms with Gasteiger partial charge in [-0.15, -0.1) is 6.58 Å². The lowest BCUT2D eigenvalue weighted by atomic mass is 10.00. The SMILES string of the molecule is C=CCCCCCC(CCCc1ccccc1)NC. The second-order valence-corrected chi connectivity index (χ2v) is 5.29. The van der Waals surface area contributed by atoms with Crippen molar-refractivity contribution in [2.75, 3.05) is 7.05 Å². The van der Waals surface area contributed by atoms with E-state index in [1.54, 1.807) is 0 Å². The van der Waals surface area contributed by atoms with Crippen molar-refractivity contribution in [2.45, 2.75) is 57.4 Å². The molecule has 1 N–H and O–H groups in total. The standard InChI is InChI=1S/C18H29N/c1-3-4-5-6-10-15-18(19-2)16-11-14-17-12-8-7-9-13-17/h3,7-9,12-13,18-19H,1,4-6,10-11,14-16H2,2H3. The van der Waals surface area contributed by atoms with E-state index in [4.69, 9.17) is 0 Å². The molecule has 1 aromatic carbocycles. The maximum atomic E-state index is 3.77. The molecule has 19 heavy (non-hydrogen) atoms. The maximum absolute atomic E-state index is 3.77. The number of allylic oxidation sites excluding steroid dienone is 1. The van der Waals surface area contributed by atoms with Gasteiger partial charge in [-0.25, -0.2) is 0 Å². The molecule has 0 saturated carbocycles. The van der Waals surface area contributed by atoms with Gasteiger partial charge in [0.25, 0.3) is 0 Å². The number of nitrogens with one attached hydrogen (secondary N) is 1. The number of hydrogen-bond acceptors (Lipinski definition) is 1. The topological polar surface area (TPSA) is 12.0 Å². The van der Waals surface area contributed by atoms with E-state index < -0.39 is 0 Å². The molecule has 106 valence electrons. The Morgan fingerprint density at radius 1 is 1.05 bits per heavy atom. The molecular weight excluding hydrogens is 230 g/mol. The number of benzene rings is 1. The molecule has 1 rings (SSSR count).